The number of thiazole rings is 1. The van der Waals surface area contributed by atoms with Crippen LogP contribution < -0.4 is 4.90 Å². The van der Waals surface area contributed by atoms with E-state index >= 15 is 4.39 Å². The van der Waals surface area contributed by atoms with Gasteiger partial charge in [0.1, 0.15) is 5.69 Å². The molecular formula is C33H34F4N3O7PS. The standard InChI is InChI=1S/C33H34F4N3O7PS/c1-2-3-4-5-6-7-11-23-14-15-26(18-27(23)33(35,36)37)40(31-39-28(29(34)49-31)25-13-9-16-38-19-25)32(42)46-21-45-30(41)24-12-8-10-22(17-24)20-47-48(43)44/h8-10,12-19,43-44H,2-7,11,20-21H2,1H3. The Labute approximate surface area is 285 Å². The van der Waals surface area contributed by atoms with Crippen molar-refractivity contribution in [3.05, 3.63) is 94.4 Å². The first-order chi connectivity index (χ1) is 23.5. The third-order valence-corrected chi connectivity index (χ3v) is 8.41. The second kappa shape index (κ2) is 18.1. The molecule has 10 nitrogen and oxygen atoms in total. The molecule has 1 amide bonds. The van der Waals surface area contributed by atoms with Gasteiger partial charge in [-0.25, -0.2) is 19.5 Å². The van der Waals surface area contributed by atoms with Gasteiger partial charge in [0.2, 0.25) is 17.1 Å². The van der Waals surface area contributed by atoms with Crippen molar-refractivity contribution in [2.75, 3.05) is 11.7 Å². The molecule has 49 heavy (non-hydrogen) atoms. The quantitative estimate of drug-likeness (QED) is 0.0382. The molecule has 4 rings (SSSR count). The number of amides is 1. The van der Waals surface area contributed by atoms with Gasteiger partial charge in [-0.05, 0) is 60.4 Å². The summed E-state index contributed by atoms with van der Waals surface area (Å²) in [5, 5.41) is -1.15. The molecule has 2 aromatic carbocycles. The van der Waals surface area contributed by atoms with E-state index in [0.29, 0.717) is 28.2 Å². The van der Waals surface area contributed by atoms with Crippen LogP contribution in [0.25, 0.3) is 11.3 Å². The van der Waals surface area contributed by atoms with Crippen LogP contribution in [0.4, 0.5) is 33.2 Å². The molecule has 0 aliphatic rings. The zero-order valence-electron chi connectivity index (χ0n) is 26.4. The highest BCUT2D eigenvalue weighted by molar-refractivity contribution is 7.39. The summed E-state index contributed by atoms with van der Waals surface area (Å²) >= 11 is 0.410. The Morgan fingerprint density at radius 3 is 2.47 bits per heavy atom. The number of ether oxygens (including phenoxy) is 2. The second-order valence-electron chi connectivity index (χ2n) is 10.7. The van der Waals surface area contributed by atoms with E-state index in [0.717, 1.165) is 38.2 Å². The summed E-state index contributed by atoms with van der Waals surface area (Å²) in [6.45, 7) is 0.931. The number of anilines is 2. The number of pyridine rings is 1. The number of aryl methyl sites for hydroxylation is 1. The van der Waals surface area contributed by atoms with E-state index in [2.05, 4.69) is 16.9 Å². The Hall–Kier alpha value is -4.01. The third kappa shape index (κ3) is 11.0. The molecule has 262 valence electrons. The number of benzene rings is 2. The first-order valence-electron chi connectivity index (χ1n) is 15.3. The summed E-state index contributed by atoms with van der Waals surface area (Å²) in [4.78, 5) is 52.8. The van der Waals surface area contributed by atoms with E-state index in [-0.39, 0.29) is 46.2 Å². The summed E-state index contributed by atoms with van der Waals surface area (Å²) in [7, 11) is -2.61. The number of aromatic nitrogens is 2. The average Bonchev–Trinajstić information content (AvgIpc) is 3.46. The number of alkyl halides is 3. The maximum absolute atomic E-state index is 15.2. The third-order valence-electron chi connectivity index (χ3n) is 7.22. The first-order valence-corrected chi connectivity index (χ1v) is 17.3. The highest BCUT2D eigenvalue weighted by Gasteiger charge is 2.35. The number of rotatable bonds is 16. The number of hydrogen-bond donors (Lipinski definition) is 2. The van der Waals surface area contributed by atoms with Crippen LogP contribution in [0.5, 0.6) is 0 Å². The van der Waals surface area contributed by atoms with Crippen LogP contribution in [0.15, 0.2) is 67.0 Å². The van der Waals surface area contributed by atoms with E-state index < -0.39 is 44.3 Å². The van der Waals surface area contributed by atoms with Crippen molar-refractivity contribution in [2.45, 2.75) is 64.7 Å². The summed E-state index contributed by atoms with van der Waals surface area (Å²) in [6.07, 6.45) is 2.31. The minimum atomic E-state index is -4.76. The van der Waals surface area contributed by atoms with Crippen molar-refractivity contribution in [1.29, 1.82) is 0 Å². The number of carbonyl (C=O) groups excluding carboxylic acids is 2. The zero-order valence-corrected chi connectivity index (χ0v) is 28.1. The van der Waals surface area contributed by atoms with Gasteiger partial charge in [0.25, 0.3) is 0 Å². The fraction of sp³-hybridized carbons (Fsp3) is 0.333. The number of carbonyl (C=O) groups is 2. The van der Waals surface area contributed by atoms with Gasteiger partial charge in [-0.2, -0.15) is 17.6 Å². The smallest absolute Gasteiger partial charge is 0.423 e. The highest BCUT2D eigenvalue weighted by atomic mass is 32.1. The van der Waals surface area contributed by atoms with Crippen molar-refractivity contribution in [2.24, 2.45) is 0 Å². The minimum absolute atomic E-state index is 0.0214. The number of nitrogens with zero attached hydrogens (tertiary/aromatic N) is 3. The predicted molar refractivity (Wildman–Crippen MR) is 175 cm³/mol. The molecule has 16 heteroatoms. The average molecular weight is 724 g/mol. The van der Waals surface area contributed by atoms with Gasteiger partial charge in [-0.3, -0.25) is 4.98 Å². The van der Waals surface area contributed by atoms with Crippen LogP contribution in [0.2, 0.25) is 0 Å². The molecule has 0 unspecified atom stereocenters. The minimum Gasteiger partial charge on any atom is -0.424 e. The molecule has 2 heterocycles. The molecule has 4 aromatic rings. The summed E-state index contributed by atoms with van der Waals surface area (Å²) in [6, 6.07) is 12.3. The summed E-state index contributed by atoms with van der Waals surface area (Å²) in [5.74, 6) is -0.922. The number of esters is 1. The van der Waals surface area contributed by atoms with Gasteiger partial charge < -0.3 is 23.8 Å². The first kappa shape index (κ1) is 37.8. The molecule has 0 fully saturated rings. The summed E-state index contributed by atoms with van der Waals surface area (Å²) < 4.78 is 73.1. The normalized spacial score (nSPS) is 11.5. The van der Waals surface area contributed by atoms with Crippen LogP contribution in [-0.2, 0) is 33.2 Å². The Kier molecular flexibility index (Phi) is 14.0. The molecule has 0 bridgehead atoms. The number of halogens is 4. The van der Waals surface area contributed by atoms with Gasteiger partial charge in [-0.15, -0.1) is 0 Å². The van der Waals surface area contributed by atoms with E-state index in [1.54, 1.807) is 12.1 Å². The molecule has 0 radical (unpaired) electrons. The second-order valence-corrected chi connectivity index (χ2v) is 12.4. The maximum atomic E-state index is 15.2. The lowest BCUT2D eigenvalue weighted by Gasteiger charge is -2.22. The summed E-state index contributed by atoms with van der Waals surface area (Å²) in [5.41, 5.74) is -0.646. The van der Waals surface area contributed by atoms with Crippen molar-refractivity contribution in [1.82, 2.24) is 9.97 Å². The van der Waals surface area contributed by atoms with Crippen molar-refractivity contribution in [3.63, 3.8) is 0 Å². The zero-order chi connectivity index (χ0) is 35.4. The Balaban J connectivity index is 1.58. The van der Waals surface area contributed by atoms with Crippen LogP contribution >= 0.6 is 19.9 Å². The lowest BCUT2D eigenvalue weighted by molar-refractivity contribution is -0.138. The van der Waals surface area contributed by atoms with Gasteiger partial charge in [0, 0.05) is 18.0 Å². The van der Waals surface area contributed by atoms with E-state index in [4.69, 9.17) is 23.8 Å². The molecule has 2 aromatic heterocycles. The molecule has 0 spiro atoms. The largest absolute Gasteiger partial charge is 0.424 e. The van der Waals surface area contributed by atoms with Crippen molar-refractivity contribution < 1.29 is 50.9 Å². The highest BCUT2D eigenvalue weighted by Crippen LogP contribution is 2.40. The van der Waals surface area contributed by atoms with E-state index in [1.165, 1.54) is 48.8 Å². The van der Waals surface area contributed by atoms with Gasteiger partial charge in [0.15, 0.2) is 0 Å². The van der Waals surface area contributed by atoms with Crippen molar-refractivity contribution in [3.8, 4) is 11.3 Å². The predicted octanol–water partition coefficient (Wildman–Crippen LogP) is 9.08. The fourth-order valence-corrected chi connectivity index (χ4v) is 5.94. The Morgan fingerprint density at radius 1 is 0.980 bits per heavy atom. The van der Waals surface area contributed by atoms with E-state index in [9.17, 15) is 22.8 Å². The van der Waals surface area contributed by atoms with Crippen LogP contribution in [0, 0.1) is 5.13 Å². The van der Waals surface area contributed by atoms with Gasteiger partial charge in [0.05, 0.1) is 23.4 Å². The molecule has 0 saturated carbocycles. The molecule has 0 aliphatic carbocycles. The lowest BCUT2D eigenvalue weighted by Crippen LogP contribution is -2.28. The van der Waals surface area contributed by atoms with Gasteiger partial charge in [-0.1, -0.05) is 68.6 Å². The maximum Gasteiger partial charge on any atom is 0.423 e. The SMILES string of the molecule is CCCCCCCCc1ccc(N(C(=O)OCOC(=O)c2cccc(COP(O)O)c2)c2nc(-c3cccnc3)c(F)s2)cc1C(F)(F)F. The number of hydrogen-bond acceptors (Lipinski definition) is 10. The van der Waals surface area contributed by atoms with Crippen LogP contribution in [0.1, 0.15) is 72.5 Å². The van der Waals surface area contributed by atoms with Crippen LogP contribution in [-0.4, -0.2) is 38.6 Å². The van der Waals surface area contributed by atoms with Crippen molar-refractivity contribution >= 4 is 42.8 Å². The monoisotopic (exact) mass is 723 g/mol. The fourth-order valence-electron chi connectivity index (χ4n) is 4.84. The van der Waals surface area contributed by atoms with E-state index in [1.807, 2.05) is 0 Å². The molecule has 0 saturated heterocycles. The topological polar surface area (TPSA) is 131 Å². The Morgan fingerprint density at radius 2 is 1.76 bits per heavy atom. The molecule has 0 atom stereocenters. The molecular weight excluding hydrogens is 689 g/mol. The van der Waals surface area contributed by atoms with Gasteiger partial charge >= 0.3 is 26.8 Å². The Bertz CT molecular complexity index is 1690. The van der Waals surface area contributed by atoms with Crippen LogP contribution in [0.3, 0.4) is 0 Å². The molecule has 2 N–H and O–H groups in total. The molecule has 0 aliphatic heterocycles. The number of unbranched alkanes of at least 4 members (excludes halogenated alkanes) is 5. The lowest BCUT2D eigenvalue weighted by atomic mass is 9.99.